The molecule has 0 saturated heterocycles. The molecule has 1 fully saturated rings. The Balaban J connectivity index is 2.00. The first kappa shape index (κ1) is 15.8. The van der Waals surface area contributed by atoms with Gasteiger partial charge in [-0.25, -0.2) is 4.79 Å². The van der Waals surface area contributed by atoms with E-state index in [2.05, 4.69) is 17.1 Å². The number of urea groups is 1. The third kappa shape index (κ3) is 4.44. The van der Waals surface area contributed by atoms with Crippen LogP contribution in [0.15, 0.2) is 24.3 Å². The Kier molecular flexibility index (Phi) is 5.20. The highest BCUT2D eigenvalue weighted by Crippen LogP contribution is 2.36. The minimum absolute atomic E-state index is 0.132. The van der Waals surface area contributed by atoms with E-state index in [0.717, 1.165) is 23.4 Å². The number of amides is 3. The summed E-state index contributed by atoms with van der Waals surface area (Å²) >= 11 is 6.25. The number of rotatable bonds is 6. The quantitative estimate of drug-likeness (QED) is 0.847. The molecule has 6 heteroatoms. The molecule has 2 rings (SSSR count). The summed E-state index contributed by atoms with van der Waals surface area (Å²) in [6.45, 7) is 2.67. The van der Waals surface area contributed by atoms with Crippen LogP contribution >= 0.6 is 11.6 Å². The smallest absolute Gasteiger partial charge is 0.318 e. The largest absolute Gasteiger partial charge is 0.351 e. The van der Waals surface area contributed by atoms with Crippen molar-refractivity contribution in [2.75, 3.05) is 6.54 Å². The molecule has 0 bridgehead atoms. The van der Waals surface area contributed by atoms with Crippen LogP contribution in [0.25, 0.3) is 0 Å². The first-order chi connectivity index (χ1) is 9.99. The lowest BCUT2D eigenvalue weighted by atomic mass is 10.1. The molecule has 0 spiro atoms. The maximum atomic E-state index is 11.6. The van der Waals surface area contributed by atoms with E-state index in [1.165, 1.54) is 0 Å². The molecular weight excluding hydrogens is 290 g/mol. The summed E-state index contributed by atoms with van der Waals surface area (Å²) in [5.41, 5.74) is 6.00. The second kappa shape index (κ2) is 6.91. The van der Waals surface area contributed by atoms with E-state index in [1.807, 2.05) is 24.3 Å². The third-order valence-corrected chi connectivity index (χ3v) is 4.07. The Morgan fingerprint density at radius 1 is 1.43 bits per heavy atom. The number of primary amides is 1. The molecule has 114 valence electrons. The van der Waals surface area contributed by atoms with Gasteiger partial charge in [-0.2, -0.15) is 0 Å². The van der Waals surface area contributed by atoms with Gasteiger partial charge < -0.3 is 5.73 Å². The highest BCUT2D eigenvalue weighted by molar-refractivity contribution is 6.31. The number of nitrogens with zero attached hydrogens (tertiary/aromatic N) is 1. The molecule has 0 heterocycles. The maximum absolute atomic E-state index is 11.6. The summed E-state index contributed by atoms with van der Waals surface area (Å²) < 4.78 is 0. The molecule has 21 heavy (non-hydrogen) atoms. The van der Waals surface area contributed by atoms with Crippen LogP contribution in [0.1, 0.15) is 37.8 Å². The zero-order valence-corrected chi connectivity index (χ0v) is 12.8. The van der Waals surface area contributed by atoms with E-state index in [1.54, 1.807) is 0 Å². The molecule has 0 unspecified atom stereocenters. The number of carbonyl (C=O) groups is 2. The van der Waals surface area contributed by atoms with Crippen molar-refractivity contribution in [2.45, 2.75) is 38.3 Å². The lowest BCUT2D eigenvalue weighted by Gasteiger charge is -2.29. The van der Waals surface area contributed by atoms with Crippen molar-refractivity contribution in [3.63, 3.8) is 0 Å². The topological polar surface area (TPSA) is 75.4 Å². The van der Waals surface area contributed by atoms with Crippen LogP contribution in [0, 0.1) is 0 Å². The van der Waals surface area contributed by atoms with E-state index in [9.17, 15) is 9.59 Å². The number of halogens is 1. The molecule has 3 amide bonds. The van der Waals surface area contributed by atoms with Gasteiger partial charge in [0.05, 0.1) is 0 Å². The molecule has 1 aliphatic carbocycles. The zero-order valence-electron chi connectivity index (χ0n) is 12.0. The van der Waals surface area contributed by atoms with E-state index in [-0.39, 0.29) is 18.4 Å². The first-order valence-electron chi connectivity index (χ1n) is 7.08. The van der Waals surface area contributed by atoms with Gasteiger partial charge in [0.2, 0.25) is 5.91 Å². The average Bonchev–Trinajstić information content (AvgIpc) is 3.23. The minimum atomic E-state index is -0.808. The average molecular weight is 310 g/mol. The van der Waals surface area contributed by atoms with E-state index in [4.69, 9.17) is 17.3 Å². The van der Waals surface area contributed by atoms with Gasteiger partial charge in [0.25, 0.3) is 0 Å². The normalized spacial score (nSPS) is 15.8. The summed E-state index contributed by atoms with van der Waals surface area (Å²) in [4.78, 5) is 24.5. The van der Waals surface area contributed by atoms with Crippen LogP contribution in [0.2, 0.25) is 5.02 Å². The van der Waals surface area contributed by atoms with Gasteiger partial charge in [-0.15, -0.1) is 0 Å². The van der Waals surface area contributed by atoms with Gasteiger partial charge in [0.1, 0.15) is 0 Å². The molecule has 0 radical (unpaired) electrons. The van der Waals surface area contributed by atoms with Crippen molar-refractivity contribution in [2.24, 2.45) is 5.73 Å². The van der Waals surface area contributed by atoms with Crippen LogP contribution in [0.5, 0.6) is 0 Å². The lowest BCUT2D eigenvalue weighted by molar-refractivity contribution is -0.120. The maximum Gasteiger partial charge on any atom is 0.318 e. The van der Waals surface area contributed by atoms with Gasteiger partial charge in [0, 0.05) is 30.1 Å². The Hall–Kier alpha value is -1.59. The minimum Gasteiger partial charge on any atom is -0.351 e. The van der Waals surface area contributed by atoms with Crippen molar-refractivity contribution < 1.29 is 9.59 Å². The number of hydrogen-bond acceptors (Lipinski definition) is 3. The Morgan fingerprint density at radius 3 is 2.67 bits per heavy atom. The van der Waals surface area contributed by atoms with Crippen molar-refractivity contribution in [3.8, 4) is 0 Å². The van der Waals surface area contributed by atoms with Gasteiger partial charge in [-0.05, 0) is 31.4 Å². The standard InChI is InChI=1S/C15H20ClN3O2/c1-10(12-4-2-3-5-13(12)16)19(11-6-7-11)9-8-14(20)18-15(17)21/h2-5,10-11H,6-9H2,1H3,(H3,17,18,20,21)/t10-/m1/s1. The molecule has 1 atom stereocenters. The van der Waals surface area contributed by atoms with Crippen LogP contribution < -0.4 is 11.1 Å². The van der Waals surface area contributed by atoms with Crippen molar-refractivity contribution in [3.05, 3.63) is 34.9 Å². The number of benzene rings is 1. The van der Waals surface area contributed by atoms with Crippen LogP contribution in [0.4, 0.5) is 4.79 Å². The Bertz CT molecular complexity index is 531. The number of nitrogens with two attached hydrogens (primary N) is 1. The summed E-state index contributed by atoms with van der Waals surface area (Å²) in [7, 11) is 0. The van der Waals surface area contributed by atoms with Gasteiger partial charge >= 0.3 is 6.03 Å². The molecular formula is C15H20ClN3O2. The molecule has 1 aromatic carbocycles. The van der Waals surface area contributed by atoms with Gasteiger partial charge in [0.15, 0.2) is 0 Å². The molecule has 5 nitrogen and oxygen atoms in total. The Morgan fingerprint density at radius 2 is 2.10 bits per heavy atom. The van der Waals surface area contributed by atoms with E-state index in [0.29, 0.717) is 12.6 Å². The molecule has 3 N–H and O–H groups in total. The summed E-state index contributed by atoms with van der Waals surface area (Å²) in [6, 6.07) is 7.55. The summed E-state index contributed by atoms with van der Waals surface area (Å²) in [5, 5.41) is 2.83. The highest BCUT2D eigenvalue weighted by Gasteiger charge is 2.33. The van der Waals surface area contributed by atoms with Crippen LogP contribution in [-0.4, -0.2) is 29.4 Å². The molecule has 0 aliphatic heterocycles. The second-order valence-electron chi connectivity index (χ2n) is 5.33. The van der Waals surface area contributed by atoms with E-state index >= 15 is 0 Å². The highest BCUT2D eigenvalue weighted by atomic mass is 35.5. The van der Waals surface area contributed by atoms with Crippen molar-refractivity contribution in [1.29, 1.82) is 0 Å². The number of carbonyl (C=O) groups excluding carboxylic acids is 2. The number of nitrogens with one attached hydrogen (secondary N) is 1. The van der Waals surface area contributed by atoms with Crippen LogP contribution in [0.3, 0.4) is 0 Å². The summed E-state index contributed by atoms with van der Waals surface area (Å²) in [6.07, 6.45) is 2.51. The van der Waals surface area contributed by atoms with E-state index < -0.39 is 6.03 Å². The molecule has 1 aromatic rings. The van der Waals surface area contributed by atoms with Crippen molar-refractivity contribution >= 4 is 23.5 Å². The van der Waals surface area contributed by atoms with Crippen molar-refractivity contribution in [1.82, 2.24) is 10.2 Å². The molecule has 0 aromatic heterocycles. The number of hydrogen-bond donors (Lipinski definition) is 2. The fraction of sp³-hybridized carbons (Fsp3) is 0.467. The van der Waals surface area contributed by atoms with Crippen LogP contribution in [-0.2, 0) is 4.79 Å². The Labute approximate surface area is 129 Å². The fourth-order valence-corrected chi connectivity index (χ4v) is 2.82. The lowest BCUT2D eigenvalue weighted by Crippen LogP contribution is -2.38. The predicted octanol–water partition coefficient (Wildman–Crippen LogP) is 2.45. The fourth-order valence-electron chi connectivity index (χ4n) is 2.52. The monoisotopic (exact) mass is 309 g/mol. The predicted molar refractivity (Wildman–Crippen MR) is 81.9 cm³/mol. The third-order valence-electron chi connectivity index (χ3n) is 3.73. The molecule has 1 saturated carbocycles. The summed E-state index contributed by atoms with van der Waals surface area (Å²) in [5.74, 6) is -0.348. The van der Waals surface area contributed by atoms with Gasteiger partial charge in [-0.1, -0.05) is 29.8 Å². The zero-order chi connectivity index (χ0) is 15.4. The molecule has 1 aliphatic rings. The van der Waals surface area contributed by atoms with Gasteiger partial charge in [-0.3, -0.25) is 15.0 Å². The number of imide groups is 1. The SMILES string of the molecule is C[C@H](c1ccccc1Cl)N(CCC(=O)NC(N)=O)C1CC1. The second-order valence-corrected chi connectivity index (χ2v) is 5.74. The first-order valence-corrected chi connectivity index (χ1v) is 7.46.